The van der Waals surface area contributed by atoms with Gasteiger partial charge in [-0.15, -0.1) is 24.8 Å². The van der Waals surface area contributed by atoms with Crippen LogP contribution in [0.4, 0.5) is 0 Å². The molecular formula is C35H48Cl2N4. The Morgan fingerprint density at radius 1 is 0.927 bits per heavy atom. The van der Waals surface area contributed by atoms with Crippen molar-refractivity contribution in [3.8, 4) is 11.3 Å². The Hall–Kier alpha value is -2.27. The van der Waals surface area contributed by atoms with Crippen LogP contribution in [-0.4, -0.2) is 20.4 Å². The minimum Gasteiger partial charge on any atom is -0.344 e. The summed E-state index contributed by atoms with van der Waals surface area (Å²) in [5.41, 5.74) is 14.4. The Morgan fingerprint density at radius 3 is 2.41 bits per heavy atom. The second kappa shape index (κ2) is 14.3. The molecule has 0 bridgehead atoms. The monoisotopic (exact) mass is 594 g/mol. The van der Waals surface area contributed by atoms with E-state index in [-0.39, 0.29) is 24.8 Å². The van der Waals surface area contributed by atoms with Crippen molar-refractivity contribution in [2.75, 3.05) is 0 Å². The van der Waals surface area contributed by atoms with Crippen LogP contribution in [0, 0.1) is 12.8 Å². The maximum absolute atomic E-state index is 6.21. The fraction of sp³-hybridized carbons (Fsp3) is 0.514. The standard InChI is InChI=1S/C35H46N4.2ClH/c1-25-8-6-10-27(22-25)31(13-7-9-26-14-17-29(36)18-15-26)33-24-39(30-11-4-3-5-12-30)35-19-16-28(23-32(33)35)34-20-21-37-38(34)2;;/h6,8,10,16,19-24,26,29-31H,3-5,7,9,11-15,17-18,36H2,1-2H3;2*1H. The second-order valence-electron chi connectivity index (χ2n) is 12.5. The van der Waals surface area contributed by atoms with Gasteiger partial charge in [0.2, 0.25) is 0 Å². The predicted molar refractivity (Wildman–Crippen MR) is 178 cm³/mol. The SMILES string of the molecule is Cc1cccc(C(CCCC2CCC(N)CC2)c2cn(C3CCCCC3)c3ccc(-c4ccnn4C)cc23)c1.Cl.Cl. The van der Waals surface area contributed by atoms with Gasteiger partial charge in [0.05, 0.1) is 5.69 Å². The van der Waals surface area contributed by atoms with Crippen LogP contribution in [0.25, 0.3) is 22.2 Å². The summed E-state index contributed by atoms with van der Waals surface area (Å²) in [4.78, 5) is 0. The van der Waals surface area contributed by atoms with Crippen LogP contribution in [-0.2, 0) is 7.05 Å². The van der Waals surface area contributed by atoms with Gasteiger partial charge in [-0.25, -0.2) is 0 Å². The molecule has 4 aromatic rings. The highest BCUT2D eigenvalue weighted by atomic mass is 35.5. The van der Waals surface area contributed by atoms with Gasteiger partial charge < -0.3 is 10.3 Å². The lowest BCUT2D eigenvalue weighted by molar-refractivity contribution is 0.302. The van der Waals surface area contributed by atoms with E-state index in [9.17, 15) is 0 Å². The van der Waals surface area contributed by atoms with Crippen LogP contribution in [0.15, 0.2) is 60.9 Å². The first-order valence-electron chi connectivity index (χ1n) is 15.5. The van der Waals surface area contributed by atoms with E-state index in [1.807, 2.05) is 17.9 Å². The lowest BCUT2D eigenvalue weighted by Gasteiger charge is -2.27. The third-order valence-electron chi connectivity index (χ3n) is 9.77. The van der Waals surface area contributed by atoms with E-state index in [0.29, 0.717) is 18.0 Å². The molecule has 0 saturated heterocycles. The Morgan fingerprint density at radius 2 is 1.71 bits per heavy atom. The Kier molecular flexibility index (Phi) is 11.0. The largest absolute Gasteiger partial charge is 0.344 e. The molecule has 2 aromatic heterocycles. The number of halogens is 2. The van der Waals surface area contributed by atoms with E-state index in [1.165, 1.54) is 116 Å². The first-order chi connectivity index (χ1) is 19.1. The number of nitrogens with zero attached hydrogens (tertiary/aromatic N) is 3. The zero-order chi connectivity index (χ0) is 26.8. The van der Waals surface area contributed by atoms with Gasteiger partial charge in [0.25, 0.3) is 0 Å². The quantitative estimate of drug-likeness (QED) is 0.221. The molecule has 0 aliphatic heterocycles. The average Bonchev–Trinajstić information content (AvgIpc) is 3.56. The zero-order valence-corrected chi connectivity index (χ0v) is 26.4. The molecule has 2 N–H and O–H groups in total. The molecule has 4 nitrogen and oxygen atoms in total. The van der Waals surface area contributed by atoms with E-state index in [0.717, 1.165) is 5.92 Å². The molecule has 2 heterocycles. The molecule has 2 aliphatic carbocycles. The Bertz CT molecular complexity index is 1390. The van der Waals surface area contributed by atoms with E-state index in [4.69, 9.17) is 5.73 Å². The maximum Gasteiger partial charge on any atom is 0.0679 e. The zero-order valence-electron chi connectivity index (χ0n) is 24.8. The molecule has 0 radical (unpaired) electrons. The van der Waals surface area contributed by atoms with Gasteiger partial charge in [0, 0.05) is 53.9 Å². The van der Waals surface area contributed by atoms with Gasteiger partial charge in [-0.2, -0.15) is 5.10 Å². The van der Waals surface area contributed by atoms with Crippen LogP contribution >= 0.6 is 24.8 Å². The second-order valence-corrected chi connectivity index (χ2v) is 12.5. The molecule has 1 unspecified atom stereocenters. The van der Waals surface area contributed by atoms with E-state index in [2.05, 4.69) is 71.3 Å². The minimum absolute atomic E-state index is 0. The number of aryl methyl sites for hydroxylation is 2. The van der Waals surface area contributed by atoms with Crippen molar-refractivity contribution in [2.45, 2.75) is 102 Å². The maximum atomic E-state index is 6.21. The summed E-state index contributed by atoms with van der Waals surface area (Å²) in [6.45, 7) is 2.23. The third-order valence-corrected chi connectivity index (χ3v) is 9.77. The highest BCUT2D eigenvalue weighted by molar-refractivity contribution is 5.89. The van der Waals surface area contributed by atoms with Crippen molar-refractivity contribution in [1.29, 1.82) is 0 Å². The predicted octanol–water partition coefficient (Wildman–Crippen LogP) is 9.52. The van der Waals surface area contributed by atoms with Crippen LogP contribution < -0.4 is 5.73 Å². The third kappa shape index (κ3) is 7.04. The summed E-state index contributed by atoms with van der Waals surface area (Å²) in [5, 5.41) is 5.89. The Labute approximate surface area is 258 Å². The van der Waals surface area contributed by atoms with Gasteiger partial charge in [-0.1, -0.05) is 68.0 Å². The van der Waals surface area contributed by atoms with E-state index in [1.54, 1.807) is 0 Å². The van der Waals surface area contributed by atoms with Crippen molar-refractivity contribution in [3.63, 3.8) is 0 Å². The highest BCUT2D eigenvalue weighted by Crippen LogP contribution is 2.41. The van der Waals surface area contributed by atoms with Gasteiger partial charge in [0.15, 0.2) is 0 Å². The number of nitrogens with two attached hydrogens (primary N) is 1. The number of rotatable bonds is 8. The molecule has 6 rings (SSSR count). The van der Waals surface area contributed by atoms with Crippen molar-refractivity contribution in [3.05, 3.63) is 77.6 Å². The summed E-state index contributed by atoms with van der Waals surface area (Å²) in [7, 11) is 2.04. The van der Waals surface area contributed by atoms with Crippen molar-refractivity contribution >= 4 is 35.7 Å². The molecular weight excluding hydrogens is 547 g/mol. The molecule has 6 heteroatoms. The van der Waals surface area contributed by atoms with Crippen LogP contribution in [0.2, 0.25) is 0 Å². The molecule has 0 amide bonds. The van der Waals surface area contributed by atoms with Crippen molar-refractivity contribution in [2.24, 2.45) is 18.7 Å². The van der Waals surface area contributed by atoms with Crippen LogP contribution in [0.5, 0.6) is 0 Å². The molecule has 1 atom stereocenters. The van der Waals surface area contributed by atoms with Gasteiger partial charge in [0.1, 0.15) is 0 Å². The van der Waals surface area contributed by atoms with Crippen molar-refractivity contribution < 1.29 is 0 Å². The molecule has 41 heavy (non-hydrogen) atoms. The number of fused-ring (bicyclic) bond motifs is 1. The average molecular weight is 596 g/mol. The summed E-state index contributed by atoms with van der Waals surface area (Å²) < 4.78 is 4.65. The number of benzene rings is 2. The van der Waals surface area contributed by atoms with Gasteiger partial charge in [-0.3, -0.25) is 4.68 Å². The summed E-state index contributed by atoms with van der Waals surface area (Å²) in [6.07, 6.45) is 20.0. The molecule has 222 valence electrons. The smallest absolute Gasteiger partial charge is 0.0679 e. The fourth-order valence-electron chi connectivity index (χ4n) is 7.51. The first-order valence-corrected chi connectivity index (χ1v) is 15.5. The fourth-order valence-corrected chi connectivity index (χ4v) is 7.51. The molecule has 2 saturated carbocycles. The van der Waals surface area contributed by atoms with E-state index < -0.39 is 0 Å². The van der Waals surface area contributed by atoms with Crippen LogP contribution in [0.1, 0.15) is 106 Å². The normalized spacial score (nSPS) is 20.4. The summed E-state index contributed by atoms with van der Waals surface area (Å²) in [5.74, 6) is 1.26. The minimum atomic E-state index is 0. The Balaban J connectivity index is 0.00000194. The lowest BCUT2D eigenvalue weighted by Crippen LogP contribution is -2.26. The molecule has 2 aliphatic rings. The van der Waals surface area contributed by atoms with Crippen molar-refractivity contribution in [1.82, 2.24) is 14.3 Å². The number of hydrogen-bond acceptors (Lipinski definition) is 2. The lowest BCUT2D eigenvalue weighted by atomic mass is 9.81. The van der Waals surface area contributed by atoms with Gasteiger partial charge in [-0.05, 0) is 87.1 Å². The molecule has 0 spiro atoms. The summed E-state index contributed by atoms with van der Waals surface area (Å²) in [6, 6.07) is 19.6. The highest BCUT2D eigenvalue weighted by Gasteiger charge is 2.25. The molecule has 2 aromatic carbocycles. The topological polar surface area (TPSA) is 48.8 Å². The molecule has 2 fully saturated rings. The first kappa shape index (κ1) is 31.7. The van der Waals surface area contributed by atoms with Crippen LogP contribution in [0.3, 0.4) is 0 Å². The van der Waals surface area contributed by atoms with E-state index >= 15 is 0 Å². The number of aromatic nitrogens is 3. The number of hydrogen-bond donors (Lipinski definition) is 1. The summed E-state index contributed by atoms with van der Waals surface area (Å²) >= 11 is 0. The van der Waals surface area contributed by atoms with Gasteiger partial charge >= 0.3 is 0 Å².